The number of rotatable bonds is 6. The Morgan fingerprint density at radius 2 is 2.24 bits per heavy atom. The molecule has 0 bridgehead atoms. The summed E-state index contributed by atoms with van der Waals surface area (Å²) in [4.78, 5) is 9.81. The number of nitrogens with one attached hydrogen (secondary N) is 2. The van der Waals surface area contributed by atoms with E-state index in [1.807, 2.05) is 0 Å². The van der Waals surface area contributed by atoms with Crippen molar-refractivity contribution in [3.05, 3.63) is 28.3 Å². The van der Waals surface area contributed by atoms with Gasteiger partial charge in [-0.2, -0.15) is 0 Å². The van der Waals surface area contributed by atoms with Crippen molar-refractivity contribution in [3.63, 3.8) is 0 Å². The second-order valence-electron chi connectivity index (χ2n) is 4.67. The standard InChI is InChI=1S/C11H16N4O5S/c12-14-9-1-2-10(15(16)17)11(5-9)21(18,19)13-6-8-3-4-20-7-8/h1-2,5,8,13-14H,3-4,6-7,12H2. The number of nitrogens with two attached hydrogens (primary N) is 1. The van der Waals surface area contributed by atoms with Crippen molar-refractivity contribution in [2.24, 2.45) is 11.8 Å². The van der Waals surface area contributed by atoms with Gasteiger partial charge < -0.3 is 10.2 Å². The Morgan fingerprint density at radius 3 is 2.81 bits per heavy atom. The molecule has 0 aliphatic carbocycles. The number of hydrogen-bond acceptors (Lipinski definition) is 7. The van der Waals surface area contributed by atoms with Crippen molar-refractivity contribution in [3.8, 4) is 0 Å². The highest BCUT2D eigenvalue weighted by molar-refractivity contribution is 7.89. The van der Waals surface area contributed by atoms with Gasteiger partial charge in [0.15, 0.2) is 4.90 Å². The van der Waals surface area contributed by atoms with Gasteiger partial charge in [-0.3, -0.25) is 16.0 Å². The lowest BCUT2D eigenvalue weighted by molar-refractivity contribution is -0.387. The maximum absolute atomic E-state index is 12.3. The molecule has 1 aromatic carbocycles. The summed E-state index contributed by atoms with van der Waals surface area (Å²) in [5.74, 6) is 5.29. The topological polar surface area (TPSA) is 137 Å². The number of hydrazine groups is 1. The molecule has 1 atom stereocenters. The molecule has 1 saturated heterocycles. The average Bonchev–Trinajstić information content (AvgIpc) is 2.98. The lowest BCUT2D eigenvalue weighted by atomic mass is 10.1. The van der Waals surface area contributed by atoms with Crippen LogP contribution in [0, 0.1) is 16.0 Å². The van der Waals surface area contributed by atoms with E-state index < -0.39 is 25.5 Å². The molecule has 0 spiro atoms. The van der Waals surface area contributed by atoms with Crippen LogP contribution >= 0.6 is 0 Å². The van der Waals surface area contributed by atoms with E-state index in [4.69, 9.17) is 10.6 Å². The molecular weight excluding hydrogens is 300 g/mol. The largest absolute Gasteiger partial charge is 0.381 e. The summed E-state index contributed by atoms with van der Waals surface area (Å²) in [7, 11) is -4.00. The molecule has 1 aromatic rings. The van der Waals surface area contributed by atoms with Crippen LogP contribution < -0.4 is 16.0 Å². The van der Waals surface area contributed by atoms with Gasteiger partial charge in [-0.25, -0.2) is 13.1 Å². The van der Waals surface area contributed by atoms with Gasteiger partial charge in [-0.05, 0) is 24.5 Å². The third-order valence-corrected chi connectivity index (χ3v) is 4.65. The minimum atomic E-state index is -4.00. The van der Waals surface area contributed by atoms with Gasteiger partial charge in [0.1, 0.15) is 0 Å². The first-order valence-corrected chi connectivity index (χ1v) is 7.75. The molecule has 21 heavy (non-hydrogen) atoms. The highest BCUT2D eigenvalue weighted by Gasteiger charge is 2.27. The van der Waals surface area contributed by atoms with Crippen molar-refractivity contribution in [2.45, 2.75) is 11.3 Å². The van der Waals surface area contributed by atoms with Crippen LogP contribution in [0.2, 0.25) is 0 Å². The summed E-state index contributed by atoms with van der Waals surface area (Å²) in [5, 5.41) is 11.0. The Morgan fingerprint density at radius 1 is 1.48 bits per heavy atom. The summed E-state index contributed by atoms with van der Waals surface area (Å²) in [6.45, 7) is 1.26. The third-order valence-electron chi connectivity index (χ3n) is 3.20. The molecule has 1 heterocycles. The Bertz CT molecular complexity index is 628. The predicted octanol–water partition coefficient (Wildman–Crippen LogP) is 0.195. The van der Waals surface area contributed by atoms with E-state index in [1.54, 1.807) is 0 Å². The number of hydrogen-bond donors (Lipinski definition) is 3. The molecule has 1 fully saturated rings. The van der Waals surface area contributed by atoms with Gasteiger partial charge in [-0.15, -0.1) is 0 Å². The van der Waals surface area contributed by atoms with Crippen LogP contribution in [0.15, 0.2) is 23.1 Å². The maximum atomic E-state index is 12.3. The molecule has 0 amide bonds. The molecule has 0 aromatic heterocycles. The molecule has 10 heteroatoms. The highest BCUT2D eigenvalue weighted by atomic mass is 32.2. The Labute approximate surface area is 121 Å². The number of nitro benzene ring substituents is 1. The Balaban J connectivity index is 2.26. The van der Waals surface area contributed by atoms with E-state index in [0.717, 1.165) is 18.6 Å². The van der Waals surface area contributed by atoms with E-state index in [-0.39, 0.29) is 18.2 Å². The van der Waals surface area contributed by atoms with Crippen LogP contribution in [0.4, 0.5) is 11.4 Å². The fourth-order valence-corrected chi connectivity index (χ4v) is 3.33. The van der Waals surface area contributed by atoms with Gasteiger partial charge in [0.05, 0.1) is 17.2 Å². The Kier molecular flexibility index (Phi) is 4.73. The number of anilines is 1. The molecule has 1 aliphatic heterocycles. The lowest BCUT2D eigenvalue weighted by Gasteiger charge is -2.11. The fourth-order valence-electron chi connectivity index (χ4n) is 2.02. The van der Waals surface area contributed by atoms with Gasteiger partial charge in [0.2, 0.25) is 10.0 Å². The summed E-state index contributed by atoms with van der Waals surface area (Å²) in [6, 6.07) is 3.57. The van der Waals surface area contributed by atoms with Crippen LogP contribution in [-0.2, 0) is 14.8 Å². The predicted molar refractivity (Wildman–Crippen MR) is 75.0 cm³/mol. The first-order chi connectivity index (χ1) is 9.94. The zero-order valence-corrected chi connectivity index (χ0v) is 11.9. The van der Waals surface area contributed by atoms with Crippen molar-refractivity contribution in [1.82, 2.24) is 4.72 Å². The number of sulfonamides is 1. The van der Waals surface area contributed by atoms with Crippen molar-refractivity contribution < 1.29 is 18.1 Å². The highest BCUT2D eigenvalue weighted by Crippen LogP contribution is 2.26. The second kappa shape index (κ2) is 6.35. The zero-order valence-electron chi connectivity index (χ0n) is 11.1. The van der Waals surface area contributed by atoms with Crippen molar-refractivity contribution >= 4 is 21.4 Å². The van der Waals surface area contributed by atoms with Gasteiger partial charge >= 0.3 is 0 Å². The third kappa shape index (κ3) is 3.67. The number of nitrogens with zero attached hydrogens (tertiary/aromatic N) is 1. The number of benzene rings is 1. The first-order valence-electron chi connectivity index (χ1n) is 6.26. The van der Waals surface area contributed by atoms with Crippen LogP contribution in [0.5, 0.6) is 0 Å². The van der Waals surface area contributed by atoms with Gasteiger partial charge in [0.25, 0.3) is 5.69 Å². The van der Waals surface area contributed by atoms with Crippen molar-refractivity contribution in [2.75, 3.05) is 25.2 Å². The maximum Gasteiger partial charge on any atom is 0.289 e. The zero-order chi connectivity index (χ0) is 15.5. The second-order valence-corrected chi connectivity index (χ2v) is 6.40. The lowest BCUT2D eigenvalue weighted by Crippen LogP contribution is -2.30. The van der Waals surface area contributed by atoms with Gasteiger partial charge in [-0.1, -0.05) is 0 Å². The van der Waals surface area contributed by atoms with E-state index in [1.165, 1.54) is 6.07 Å². The average molecular weight is 316 g/mol. The van der Waals surface area contributed by atoms with E-state index in [9.17, 15) is 18.5 Å². The summed E-state index contributed by atoms with van der Waals surface area (Å²) in [6.07, 6.45) is 0.759. The minimum Gasteiger partial charge on any atom is -0.381 e. The molecule has 9 nitrogen and oxygen atoms in total. The Hall–Kier alpha value is -1.75. The van der Waals surface area contributed by atoms with E-state index >= 15 is 0 Å². The fraction of sp³-hybridized carbons (Fsp3) is 0.455. The minimum absolute atomic E-state index is 0.0784. The molecule has 2 rings (SSSR count). The molecule has 1 aliphatic rings. The summed E-state index contributed by atoms with van der Waals surface area (Å²) < 4.78 is 32.1. The van der Waals surface area contributed by atoms with E-state index in [2.05, 4.69) is 10.1 Å². The SMILES string of the molecule is NNc1ccc([N+](=O)[O-])c(S(=O)(=O)NCC2CCOC2)c1. The smallest absolute Gasteiger partial charge is 0.289 e. The molecule has 0 radical (unpaired) electrons. The number of nitro groups is 1. The quantitative estimate of drug-likeness (QED) is 0.387. The van der Waals surface area contributed by atoms with Crippen LogP contribution in [0.3, 0.4) is 0 Å². The number of nitrogen functional groups attached to an aromatic ring is 1. The van der Waals surface area contributed by atoms with Crippen LogP contribution in [-0.4, -0.2) is 33.1 Å². The molecular formula is C11H16N4O5S. The summed E-state index contributed by atoms with van der Waals surface area (Å²) in [5.41, 5.74) is 2.04. The first kappa shape index (κ1) is 15.6. The normalized spacial score (nSPS) is 18.6. The van der Waals surface area contributed by atoms with Crippen LogP contribution in [0.1, 0.15) is 6.42 Å². The summed E-state index contributed by atoms with van der Waals surface area (Å²) >= 11 is 0. The monoisotopic (exact) mass is 316 g/mol. The molecule has 0 saturated carbocycles. The van der Waals surface area contributed by atoms with Crippen LogP contribution in [0.25, 0.3) is 0 Å². The van der Waals surface area contributed by atoms with Gasteiger partial charge in [0, 0.05) is 19.2 Å². The molecule has 4 N–H and O–H groups in total. The van der Waals surface area contributed by atoms with Crippen molar-refractivity contribution in [1.29, 1.82) is 0 Å². The number of ether oxygens (including phenoxy) is 1. The molecule has 116 valence electrons. The molecule has 1 unspecified atom stereocenters. The van der Waals surface area contributed by atoms with E-state index in [0.29, 0.717) is 13.2 Å².